The lowest BCUT2D eigenvalue weighted by molar-refractivity contribution is -0.137. The predicted molar refractivity (Wildman–Crippen MR) is 117 cm³/mol. The summed E-state index contributed by atoms with van der Waals surface area (Å²) in [5.41, 5.74) is 0.373. The van der Waals surface area contributed by atoms with E-state index in [1.807, 2.05) is 0 Å². The number of benzene rings is 2. The first-order chi connectivity index (χ1) is 16.4. The van der Waals surface area contributed by atoms with Gasteiger partial charge in [-0.15, -0.1) is 0 Å². The smallest absolute Gasteiger partial charge is 0.416 e. The molecule has 3 N–H and O–H groups in total. The minimum Gasteiger partial charge on any atom is -0.457 e. The maximum Gasteiger partial charge on any atom is 0.416 e. The minimum atomic E-state index is -4.53. The Hall–Kier alpha value is -4.67. The van der Waals surface area contributed by atoms with Crippen LogP contribution in [0.5, 0.6) is 11.5 Å². The first-order valence-corrected chi connectivity index (χ1v) is 9.97. The summed E-state index contributed by atoms with van der Waals surface area (Å²) >= 11 is 0. The predicted octanol–water partition coefficient (Wildman–Crippen LogP) is 5.41. The zero-order chi connectivity index (χ0) is 23.7. The van der Waals surface area contributed by atoms with E-state index in [9.17, 15) is 18.0 Å². The molecule has 3 aromatic heterocycles. The fourth-order valence-corrected chi connectivity index (χ4v) is 3.31. The Bertz CT molecular complexity index is 1460. The number of rotatable bonds is 5. The number of fused-ring (bicyclic) bond motifs is 1. The van der Waals surface area contributed by atoms with Gasteiger partial charge in [-0.2, -0.15) is 18.3 Å². The maximum absolute atomic E-state index is 13.0. The van der Waals surface area contributed by atoms with Crippen molar-refractivity contribution in [1.29, 1.82) is 0 Å². The number of aromatic nitrogens is 5. The third-order valence-electron chi connectivity index (χ3n) is 4.93. The van der Waals surface area contributed by atoms with E-state index in [1.165, 1.54) is 6.07 Å². The first kappa shape index (κ1) is 21.2. The number of pyridine rings is 1. The fourth-order valence-electron chi connectivity index (χ4n) is 3.31. The number of amides is 1. The number of nitrogens with zero attached hydrogens (tertiary/aromatic N) is 3. The van der Waals surface area contributed by atoms with Crippen LogP contribution in [0.2, 0.25) is 0 Å². The summed E-state index contributed by atoms with van der Waals surface area (Å²) in [7, 11) is 0. The van der Waals surface area contributed by atoms with Gasteiger partial charge in [0.25, 0.3) is 5.91 Å². The average Bonchev–Trinajstić information content (AvgIpc) is 3.50. The largest absolute Gasteiger partial charge is 0.457 e. The number of halogens is 3. The van der Waals surface area contributed by atoms with Crippen molar-refractivity contribution in [2.24, 2.45) is 0 Å². The summed E-state index contributed by atoms with van der Waals surface area (Å²) < 4.78 is 44.9. The van der Waals surface area contributed by atoms with Gasteiger partial charge in [0, 0.05) is 35.7 Å². The molecule has 170 valence electrons. The van der Waals surface area contributed by atoms with Gasteiger partial charge in [0.15, 0.2) is 11.5 Å². The van der Waals surface area contributed by atoms with Crippen molar-refractivity contribution in [1.82, 2.24) is 25.1 Å². The van der Waals surface area contributed by atoms with Gasteiger partial charge >= 0.3 is 6.18 Å². The second-order valence-electron chi connectivity index (χ2n) is 7.23. The summed E-state index contributed by atoms with van der Waals surface area (Å²) in [6, 6.07) is 13.0. The van der Waals surface area contributed by atoms with Gasteiger partial charge in [-0.1, -0.05) is 0 Å². The lowest BCUT2D eigenvalue weighted by Gasteiger charge is -2.09. The third kappa shape index (κ3) is 4.31. The Kier molecular flexibility index (Phi) is 5.21. The topological polar surface area (TPSA) is 109 Å². The molecule has 2 aromatic carbocycles. The highest BCUT2D eigenvalue weighted by atomic mass is 19.4. The van der Waals surface area contributed by atoms with E-state index < -0.39 is 17.6 Å². The molecule has 0 fully saturated rings. The molecule has 5 aromatic rings. The Morgan fingerprint density at radius 1 is 0.941 bits per heavy atom. The van der Waals surface area contributed by atoms with Crippen LogP contribution in [0.3, 0.4) is 0 Å². The highest BCUT2D eigenvalue weighted by Crippen LogP contribution is 2.32. The molecule has 0 saturated carbocycles. The van der Waals surface area contributed by atoms with E-state index in [1.54, 1.807) is 55.0 Å². The van der Waals surface area contributed by atoms with Gasteiger partial charge in [-0.25, -0.2) is 4.98 Å². The number of imidazole rings is 1. The van der Waals surface area contributed by atoms with Gasteiger partial charge in [0.1, 0.15) is 17.2 Å². The van der Waals surface area contributed by atoms with E-state index in [0.29, 0.717) is 34.2 Å². The molecule has 0 bridgehead atoms. The molecule has 3 heterocycles. The Morgan fingerprint density at radius 3 is 2.50 bits per heavy atom. The van der Waals surface area contributed by atoms with Gasteiger partial charge in [0.05, 0.1) is 11.1 Å². The number of hydrogen-bond donors (Lipinski definition) is 3. The van der Waals surface area contributed by atoms with Crippen molar-refractivity contribution in [2.75, 3.05) is 5.32 Å². The number of H-pyrrole nitrogens is 2. The van der Waals surface area contributed by atoms with Gasteiger partial charge < -0.3 is 15.0 Å². The van der Waals surface area contributed by atoms with E-state index in [-0.39, 0.29) is 11.1 Å². The zero-order valence-electron chi connectivity index (χ0n) is 17.2. The molecule has 0 aliphatic heterocycles. The fraction of sp³-hybridized carbons (Fsp3) is 0.0435. The summed E-state index contributed by atoms with van der Waals surface area (Å²) in [5.74, 6) is 1.02. The van der Waals surface area contributed by atoms with Crippen molar-refractivity contribution in [2.45, 2.75) is 6.18 Å². The summed E-state index contributed by atoms with van der Waals surface area (Å²) in [6.45, 7) is 0. The van der Waals surface area contributed by atoms with Crippen LogP contribution in [-0.4, -0.2) is 31.1 Å². The summed E-state index contributed by atoms with van der Waals surface area (Å²) in [6.07, 6.45) is 0.389. The highest BCUT2D eigenvalue weighted by Gasteiger charge is 2.31. The van der Waals surface area contributed by atoms with Crippen molar-refractivity contribution in [3.63, 3.8) is 0 Å². The molecule has 11 heteroatoms. The molecule has 0 unspecified atom stereocenters. The molecule has 0 saturated heterocycles. The van der Waals surface area contributed by atoms with Crippen molar-refractivity contribution in [3.05, 3.63) is 84.4 Å². The number of carbonyl (C=O) groups excluding carboxylic acids is 1. The van der Waals surface area contributed by atoms with Gasteiger partial charge in [-0.05, 0) is 48.5 Å². The van der Waals surface area contributed by atoms with Gasteiger partial charge in [0.2, 0.25) is 0 Å². The van der Waals surface area contributed by atoms with Crippen LogP contribution in [0.1, 0.15) is 16.1 Å². The van der Waals surface area contributed by atoms with Gasteiger partial charge in [-0.3, -0.25) is 14.9 Å². The van der Waals surface area contributed by atoms with Crippen LogP contribution in [0.25, 0.3) is 22.4 Å². The van der Waals surface area contributed by atoms with Crippen molar-refractivity contribution in [3.8, 4) is 23.0 Å². The lowest BCUT2D eigenvalue weighted by Crippen LogP contribution is -2.13. The Labute approximate surface area is 189 Å². The number of anilines is 1. The van der Waals surface area contributed by atoms with Crippen LogP contribution < -0.4 is 10.1 Å². The van der Waals surface area contributed by atoms with Crippen LogP contribution in [0.15, 0.2) is 73.2 Å². The number of aromatic amines is 2. The second kappa shape index (κ2) is 8.35. The molecule has 0 spiro atoms. The quantitative estimate of drug-likeness (QED) is 0.322. The molecule has 8 nitrogen and oxygen atoms in total. The molecule has 5 rings (SSSR count). The number of alkyl halides is 3. The maximum atomic E-state index is 13.0. The van der Waals surface area contributed by atoms with Crippen LogP contribution in [0, 0.1) is 0 Å². The summed E-state index contributed by atoms with van der Waals surface area (Å²) in [4.78, 5) is 24.0. The first-order valence-electron chi connectivity index (χ1n) is 9.97. The number of nitrogens with one attached hydrogen (secondary N) is 3. The van der Waals surface area contributed by atoms with Crippen molar-refractivity contribution < 1.29 is 22.7 Å². The van der Waals surface area contributed by atoms with Crippen molar-refractivity contribution >= 4 is 22.5 Å². The Morgan fingerprint density at radius 2 is 1.76 bits per heavy atom. The molecular weight excluding hydrogens is 449 g/mol. The standard InChI is InChI=1S/C23H15F3N6O2/c24-23(25,26)13-1-6-18-17(11-13)20(32-31-18)22(33)30-14-2-4-15(5-3-14)34-16-7-8-27-19(12-16)21-28-9-10-29-21/h1-12H,(H,28,29)(H,30,33)(H,31,32). The number of hydrogen-bond acceptors (Lipinski definition) is 5. The SMILES string of the molecule is O=C(Nc1ccc(Oc2ccnc(-c3ncc[nH]3)c2)cc1)c1n[nH]c2ccc(C(F)(F)F)cc12. The molecule has 34 heavy (non-hydrogen) atoms. The monoisotopic (exact) mass is 464 g/mol. The Balaban J connectivity index is 1.30. The van der Waals surface area contributed by atoms with Crippen LogP contribution >= 0.6 is 0 Å². The van der Waals surface area contributed by atoms with Crippen LogP contribution in [0.4, 0.5) is 18.9 Å². The minimum absolute atomic E-state index is 0.0809. The van der Waals surface area contributed by atoms with E-state index in [0.717, 1.165) is 12.1 Å². The lowest BCUT2D eigenvalue weighted by atomic mass is 10.1. The molecule has 0 aliphatic carbocycles. The van der Waals surface area contributed by atoms with Crippen LogP contribution in [-0.2, 0) is 6.18 Å². The average molecular weight is 464 g/mol. The number of ether oxygens (including phenoxy) is 1. The second-order valence-corrected chi connectivity index (χ2v) is 7.23. The number of carbonyl (C=O) groups is 1. The third-order valence-corrected chi connectivity index (χ3v) is 4.93. The van der Waals surface area contributed by atoms with E-state index >= 15 is 0 Å². The normalized spacial score (nSPS) is 11.5. The zero-order valence-corrected chi connectivity index (χ0v) is 17.2. The highest BCUT2D eigenvalue weighted by molar-refractivity contribution is 6.11. The van der Waals surface area contributed by atoms with E-state index in [4.69, 9.17) is 4.74 Å². The molecule has 0 atom stereocenters. The summed E-state index contributed by atoms with van der Waals surface area (Å²) in [5, 5.41) is 9.16. The molecule has 1 amide bonds. The molecular formula is C23H15F3N6O2. The van der Waals surface area contributed by atoms with E-state index in [2.05, 4.69) is 30.5 Å². The molecule has 0 radical (unpaired) electrons. The molecule has 0 aliphatic rings.